The second-order valence-electron chi connectivity index (χ2n) is 6.14. The number of anilines is 2. The zero-order chi connectivity index (χ0) is 16.4. The maximum atomic E-state index is 4.51. The first-order chi connectivity index (χ1) is 11.0. The lowest BCUT2D eigenvalue weighted by Gasteiger charge is -2.21. The van der Waals surface area contributed by atoms with Crippen LogP contribution in [0, 0.1) is 6.92 Å². The highest BCUT2D eigenvalue weighted by atomic mass is 15.2. The van der Waals surface area contributed by atoms with Gasteiger partial charge in [-0.15, -0.1) is 0 Å². The van der Waals surface area contributed by atoms with Gasteiger partial charge in [-0.2, -0.15) is 0 Å². The Morgan fingerprint density at radius 3 is 2.57 bits per heavy atom. The summed E-state index contributed by atoms with van der Waals surface area (Å²) in [7, 11) is 6.19. The third-order valence-electron chi connectivity index (χ3n) is 3.98. The van der Waals surface area contributed by atoms with Gasteiger partial charge in [0.1, 0.15) is 12.1 Å². The standard InChI is InChI=1S/C19H22N4/c1-14-8-9-18-17(10-14)19(21-13-20-18)23(4)12-15-6-5-7-16(11-15)22(2)3/h5-11,13H,12H2,1-4H3. The molecule has 0 unspecified atom stereocenters. The van der Waals surface area contributed by atoms with Gasteiger partial charge >= 0.3 is 0 Å². The van der Waals surface area contributed by atoms with Crippen LogP contribution in [0.2, 0.25) is 0 Å². The van der Waals surface area contributed by atoms with Gasteiger partial charge in [-0.25, -0.2) is 9.97 Å². The maximum absolute atomic E-state index is 4.51. The second kappa shape index (κ2) is 6.24. The minimum atomic E-state index is 0.807. The topological polar surface area (TPSA) is 32.3 Å². The van der Waals surface area contributed by atoms with Gasteiger partial charge in [0.15, 0.2) is 0 Å². The number of aromatic nitrogens is 2. The first-order valence-corrected chi connectivity index (χ1v) is 7.73. The number of nitrogens with zero attached hydrogens (tertiary/aromatic N) is 4. The highest BCUT2D eigenvalue weighted by Crippen LogP contribution is 2.25. The third kappa shape index (κ3) is 3.26. The summed E-state index contributed by atoms with van der Waals surface area (Å²) < 4.78 is 0. The van der Waals surface area contributed by atoms with Crippen molar-refractivity contribution < 1.29 is 0 Å². The maximum Gasteiger partial charge on any atom is 0.139 e. The van der Waals surface area contributed by atoms with Gasteiger partial charge in [-0.1, -0.05) is 23.8 Å². The van der Waals surface area contributed by atoms with Gasteiger partial charge < -0.3 is 9.80 Å². The van der Waals surface area contributed by atoms with Crippen molar-refractivity contribution in [1.29, 1.82) is 0 Å². The van der Waals surface area contributed by atoms with E-state index >= 15 is 0 Å². The second-order valence-corrected chi connectivity index (χ2v) is 6.14. The number of rotatable bonds is 4. The minimum Gasteiger partial charge on any atom is -0.378 e. The number of hydrogen-bond acceptors (Lipinski definition) is 4. The Balaban J connectivity index is 1.93. The molecule has 0 radical (unpaired) electrons. The molecule has 4 heteroatoms. The van der Waals surface area contributed by atoms with E-state index in [4.69, 9.17) is 0 Å². The van der Waals surface area contributed by atoms with Gasteiger partial charge in [-0.3, -0.25) is 0 Å². The van der Waals surface area contributed by atoms with Gasteiger partial charge in [-0.05, 0) is 36.8 Å². The molecule has 0 N–H and O–H groups in total. The van der Waals surface area contributed by atoms with Crippen LogP contribution in [0.1, 0.15) is 11.1 Å². The number of aryl methyl sites for hydroxylation is 1. The summed E-state index contributed by atoms with van der Waals surface area (Å²) >= 11 is 0. The number of benzene rings is 2. The molecule has 0 amide bonds. The van der Waals surface area contributed by atoms with E-state index in [1.54, 1.807) is 6.33 Å². The molecule has 0 saturated carbocycles. The Kier molecular flexibility index (Phi) is 4.15. The first kappa shape index (κ1) is 15.3. The predicted molar refractivity (Wildman–Crippen MR) is 97.2 cm³/mol. The van der Waals surface area contributed by atoms with E-state index in [1.165, 1.54) is 16.8 Å². The highest BCUT2D eigenvalue weighted by molar-refractivity contribution is 5.89. The van der Waals surface area contributed by atoms with Crippen LogP contribution >= 0.6 is 0 Å². The summed E-state index contributed by atoms with van der Waals surface area (Å²) in [6.45, 7) is 2.90. The summed E-state index contributed by atoms with van der Waals surface area (Å²) in [5.74, 6) is 0.967. The van der Waals surface area contributed by atoms with Crippen molar-refractivity contribution in [2.24, 2.45) is 0 Å². The van der Waals surface area contributed by atoms with Crippen LogP contribution < -0.4 is 9.80 Å². The molecule has 0 fully saturated rings. The van der Waals surface area contributed by atoms with E-state index in [-0.39, 0.29) is 0 Å². The highest BCUT2D eigenvalue weighted by Gasteiger charge is 2.10. The summed E-state index contributed by atoms with van der Waals surface area (Å²) in [6, 6.07) is 14.9. The summed E-state index contributed by atoms with van der Waals surface area (Å²) in [6.07, 6.45) is 1.64. The fourth-order valence-corrected chi connectivity index (χ4v) is 2.74. The molecule has 2 aromatic carbocycles. The van der Waals surface area contributed by atoms with Crippen molar-refractivity contribution in [3.8, 4) is 0 Å². The molecule has 23 heavy (non-hydrogen) atoms. The van der Waals surface area contributed by atoms with E-state index in [1.807, 2.05) is 0 Å². The molecule has 0 atom stereocenters. The third-order valence-corrected chi connectivity index (χ3v) is 3.98. The number of hydrogen-bond donors (Lipinski definition) is 0. The quantitative estimate of drug-likeness (QED) is 0.736. The van der Waals surface area contributed by atoms with Crippen molar-refractivity contribution in [2.75, 3.05) is 30.9 Å². The van der Waals surface area contributed by atoms with Crippen molar-refractivity contribution in [2.45, 2.75) is 13.5 Å². The van der Waals surface area contributed by atoms with Crippen LogP contribution in [-0.4, -0.2) is 31.1 Å². The zero-order valence-corrected chi connectivity index (χ0v) is 14.1. The monoisotopic (exact) mass is 306 g/mol. The average molecular weight is 306 g/mol. The molecule has 118 valence electrons. The molecule has 0 aliphatic carbocycles. The van der Waals surface area contributed by atoms with Gasteiger partial charge in [0.2, 0.25) is 0 Å². The zero-order valence-electron chi connectivity index (χ0n) is 14.1. The molecular formula is C19H22N4. The molecule has 0 aliphatic heterocycles. The molecule has 1 heterocycles. The normalized spacial score (nSPS) is 10.8. The average Bonchev–Trinajstić information content (AvgIpc) is 2.54. The van der Waals surface area contributed by atoms with E-state index in [0.29, 0.717) is 0 Å². The Labute approximate surface area is 137 Å². The van der Waals surface area contributed by atoms with Crippen LogP contribution in [0.25, 0.3) is 10.9 Å². The number of fused-ring (bicyclic) bond motifs is 1. The molecule has 4 nitrogen and oxygen atoms in total. The van der Waals surface area contributed by atoms with Gasteiger partial charge in [0.25, 0.3) is 0 Å². The smallest absolute Gasteiger partial charge is 0.139 e. The van der Waals surface area contributed by atoms with Crippen LogP contribution in [-0.2, 0) is 6.54 Å². The molecule has 0 spiro atoms. The summed E-state index contributed by atoms with van der Waals surface area (Å²) in [5.41, 5.74) is 4.67. The fraction of sp³-hybridized carbons (Fsp3) is 0.263. The largest absolute Gasteiger partial charge is 0.378 e. The van der Waals surface area contributed by atoms with E-state index < -0.39 is 0 Å². The Morgan fingerprint density at radius 1 is 0.957 bits per heavy atom. The molecular weight excluding hydrogens is 284 g/mol. The Morgan fingerprint density at radius 2 is 1.78 bits per heavy atom. The van der Waals surface area contributed by atoms with E-state index in [0.717, 1.165) is 23.3 Å². The van der Waals surface area contributed by atoms with Crippen LogP contribution in [0.4, 0.5) is 11.5 Å². The Bertz CT molecular complexity index is 826. The minimum absolute atomic E-state index is 0.807. The molecule has 0 bridgehead atoms. The molecule has 3 rings (SSSR count). The van der Waals surface area contributed by atoms with Crippen molar-refractivity contribution in [3.63, 3.8) is 0 Å². The molecule has 1 aromatic heterocycles. The lowest BCUT2D eigenvalue weighted by atomic mass is 10.1. The molecule has 0 saturated heterocycles. The molecule has 3 aromatic rings. The SMILES string of the molecule is Cc1ccc2ncnc(N(C)Cc3cccc(N(C)C)c3)c2c1. The fourth-order valence-electron chi connectivity index (χ4n) is 2.74. The van der Waals surface area contributed by atoms with Crippen molar-refractivity contribution in [3.05, 3.63) is 59.9 Å². The first-order valence-electron chi connectivity index (χ1n) is 7.73. The lowest BCUT2D eigenvalue weighted by molar-refractivity contribution is 0.899. The van der Waals surface area contributed by atoms with Gasteiger partial charge in [0, 0.05) is 38.8 Å². The van der Waals surface area contributed by atoms with Gasteiger partial charge in [0.05, 0.1) is 5.52 Å². The summed E-state index contributed by atoms with van der Waals surface area (Å²) in [5, 5.41) is 1.10. The molecule has 0 aliphatic rings. The van der Waals surface area contributed by atoms with Crippen LogP contribution in [0.5, 0.6) is 0 Å². The van der Waals surface area contributed by atoms with Crippen molar-refractivity contribution >= 4 is 22.4 Å². The Hall–Kier alpha value is -2.62. The van der Waals surface area contributed by atoms with E-state index in [2.05, 4.69) is 90.3 Å². The van der Waals surface area contributed by atoms with E-state index in [9.17, 15) is 0 Å². The van der Waals surface area contributed by atoms with Crippen molar-refractivity contribution in [1.82, 2.24) is 9.97 Å². The summed E-state index contributed by atoms with van der Waals surface area (Å²) in [4.78, 5) is 13.2. The predicted octanol–water partition coefficient (Wildman–Crippen LogP) is 3.64. The van der Waals surface area contributed by atoms with Crippen LogP contribution in [0.3, 0.4) is 0 Å². The lowest BCUT2D eigenvalue weighted by Crippen LogP contribution is -2.18. The van der Waals surface area contributed by atoms with Crippen LogP contribution in [0.15, 0.2) is 48.8 Å².